The molecule has 0 amide bonds. The number of thiophene rings is 1. The van der Waals surface area contributed by atoms with Gasteiger partial charge in [-0.15, -0.1) is 11.3 Å². The molecule has 66 valence electrons. The van der Waals surface area contributed by atoms with Crippen LogP contribution in [-0.4, -0.2) is 16.1 Å². The molecule has 0 aliphatic heterocycles. The van der Waals surface area contributed by atoms with Crippen molar-refractivity contribution in [1.82, 2.24) is 4.98 Å². The van der Waals surface area contributed by atoms with Crippen LogP contribution in [0.25, 0.3) is 10.2 Å². The third-order valence-corrected chi connectivity index (χ3v) is 2.60. The summed E-state index contributed by atoms with van der Waals surface area (Å²) in [5.74, 6) is -0.895. The van der Waals surface area contributed by atoms with E-state index in [2.05, 4.69) is 4.98 Å². The topological polar surface area (TPSA) is 50.2 Å². The zero-order valence-corrected chi connectivity index (χ0v) is 7.76. The second-order valence-electron chi connectivity index (χ2n) is 2.76. The van der Waals surface area contributed by atoms with Crippen LogP contribution in [0, 0.1) is 6.92 Å². The number of pyridine rings is 1. The summed E-state index contributed by atoms with van der Waals surface area (Å²) >= 11 is 1.46. The zero-order chi connectivity index (χ0) is 9.42. The van der Waals surface area contributed by atoms with Crippen molar-refractivity contribution in [3.63, 3.8) is 0 Å². The summed E-state index contributed by atoms with van der Waals surface area (Å²) in [6, 6.07) is 3.38. The first-order valence-electron chi connectivity index (χ1n) is 3.76. The van der Waals surface area contributed by atoms with Crippen LogP contribution in [-0.2, 0) is 0 Å². The van der Waals surface area contributed by atoms with Crippen molar-refractivity contribution >= 4 is 27.5 Å². The standard InChI is InChI=1S/C9H7NO2S/c1-5-4-7(9(11)12)6-2-3-13-8(6)10-5/h2-4H,1H3,(H,11,12). The van der Waals surface area contributed by atoms with E-state index in [1.165, 1.54) is 11.3 Å². The van der Waals surface area contributed by atoms with Crippen LogP contribution in [0.5, 0.6) is 0 Å². The number of aromatic carboxylic acids is 1. The van der Waals surface area contributed by atoms with Gasteiger partial charge in [-0.2, -0.15) is 0 Å². The molecule has 0 aliphatic rings. The van der Waals surface area contributed by atoms with Gasteiger partial charge in [0.25, 0.3) is 0 Å². The molecule has 0 aliphatic carbocycles. The Hall–Kier alpha value is -1.42. The van der Waals surface area contributed by atoms with Crippen LogP contribution in [0.2, 0.25) is 0 Å². The Bertz CT molecular complexity index is 475. The van der Waals surface area contributed by atoms with Gasteiger partial charge in [0, 0.05) is 11.1 Å². The van der Waals surface area contributed by atoms with E-state index in [0.29, 0.717) is 5.56 Å². The molecule has 13 heavy (non-hydrogen) atoms. The Kier molecular flexibility index (Phi) is 1.77. The van der Waals surface area contributed by atoms with Gasteiger partial charge >= 0.3 is 5.97 Å². The van der Waals surface area contributed by atoms with E-state index >= 15 is 0 Å². The molecular formula is C9H7NO2S. The van der Waals surface area contributed by atoms with E-state index in [0.717, 1.165) is 15.9 Å². The lowest BCUT2D eigenvalue weighted by Gasteiger charge is -1.98. The summed E-state index contributed by atoms with van der Waals surface area (Å²) in [6.07, 6.45) is 0. The molecule has 2 rings (SSSR count). The van der Waals surface area contributed by atoms with Crippen LogP contribution in [0.15, 0.2) is 17.5 Å². The summed E-state index contributed by atoms with van der Waals surface area (Å²) in [5.41, 5.74) is 1.08. The lowest BCUT2D eigenvalue weighted by molar-refractivity contribution is 0.0699. The number of fused-ring (bicyclic) bond motifs is 1. The summed E-state index contributed by atoms with van der Waals surface area (Å²) in [6.45, 7) is 1.80. The van der Waals surface area contributed by atoms with Gasteiger partial charge in [-0.25, -0.2) is 9.78 Å². The second-order valence-corrected chi connectivity index (χ2v) is 3.65. The Labute approximate surface area is 78.7 Å². The highest BCUT2D eigenvalue weighted by atomic mass is 32.1. The van der Waals surface area contributed by atoms with Gasteiger partial charge in [-0.3, -0.25) is 0 Å². The van der Waals surface area contributed by atoms with Gasteiger partial charge in [0.2, 0.25) is 0 Å². The number of carbonyl (C=O) groups is 1. The van der Waals surface area contributed by atoms with Crippen LogP contribution < -0.4 is 0 Å². The van der Waals surface area contributed by atoms with Crippen LogP contribution in [0.1, 0.15) is 16.1 Å². The molecule has 0 bridgehead atoms. The van der Waals surface area contributed by atoms with Crippen molar-refractivity contribution in [3.8, 4) is 0 Å². The number of aryl methyl sites for hydroxylation is 1. The van der Waals surface area contributed by atoms with Crippen LogP contribution >= 0.6 is 11.3 Å². The van der Waals surface area contributed by atoms with Gasteiger partial charge in [-0.05, 0) is 24.4 Å². The predicted molar refractivity (Wildman–Crippen MR) is 51.3 cm³/mol. The highest BCUT2D eigenvalue weighted by Gasteiger charge is 2.10. The van der Waals surface area contributed by atoms with E-state index in [1.54, 1.807) is 19.1 Å². The highest BCUT2D eigenvalue weighted by molar-refractivity contribution is 7.16. The van der Waals surface area contributed by atoms with Crippen molar-refractivity contribution in [2.45, 2.75) is 6.92 Å². The quantitative estimate of drug-likeness (QED) is 0.756. The molecule has 0 aromatic carbocycles. The number of nitrogens with zero attached hydrogens (tertiary/aromatic N) is 1. The number of carboxylic acid groups (broad SMARTS) is 1. The number of aromatic nitrogens is 1. The van der Waals surface area contributed by atoms with Crippen molar-refractivity contribution in [2.24, 2.45) is 0 Å². The maximum atomic E-state index is 10.8. The van der Waals surface area contributed by atoms with Crippen molar-refractivity contribution in [2.75, 3.05) is 0 Å². The third-order valence-electron chi connectivity index (χ3n) is 1.80. The first-order valence-corrected chi connectivity index (χ1v) is 4.64. The Morgan fingerprint density at radius 1 is 1.62 bits per heavy atom. The lowest BCUT2D eigenvalue weighted by Crippen LogP contribution is -1.98. The maximum absolute atomic E-state index is 10.8. The molecule has 0 unspecified atom stereocenters. The Morgan fingerprint density at radius 2 is 2.38 bits per heavy atom. The molecule has 4 heteroatoms. The molecule has 2 aromatic heterocycles. The number of carboxylic acids is 1. The minimum absolute atomic E-state index is 0.337. The fourth-order valence-electron chi connectivity index (χ4n) is 1.25. The molecule has 0 saturated carbocycles. The monoisotopic (exact) mass is 193 g/mol. The van der Waals surface area contributed by atoms with Gasteiger partial charge in [0.15, 0.2) is 0 Å². The summed E-state index contributed by atoms with van der Waals surface area (Å²) in [7, 11) is 0. The molecular weight excluding hydrogens is 186 g/mol. The van der Waals surface area contributed by atoms with E-state index in [-0.39, 0.29) is 0 Å². The molecule has 0 fully saturated rings. The first-order chi connectivity index (χ1) is 6.18. The Balaban J connectivity index is 2.84. The zero-order valence-electron chi connectivity index (χ0n) is 6.94. The van der Waals surface area contributed by atoms with E-state index < -0.39 is 5.97 Å². The molecule has 0 saturated heterocycles. The van der Waals surface area contributed by atoms with Crippen molar-refractivity contribution in [1.29, 1.82) is 0 Å². The Morgan fingerprint density at radius 3 is 3.08 bits per heavy atom. The normalized spacial score (nSPS) is 10.5. The smallest absolute Gasteiger partial charge is 0.336 e. The summed E-state index contributed by atoms with van der Waals surface area (Å²) < 4.78 is 0. The maximum Gasteiger partial charge on any atom is 0.336 e. The van der Waals surface area contributed by atoms with Gasteiger partial charge in [0.1, 0.15) is 4.83 Å². The fourth-order valence-corrected chi connectivity index (χ4v) is 2.08. The van der Waals surface area contributed by atoms with E-state index in [1.807, 2.05) is 5.38 Å². The first kappa shape index (κ1) is 8.19. The predicted octanol–water partition coefficient (Wildman–Crippen LogP) is 2.30. The summed E-state index contributed by atoms with van der Waals surface area (Å²) in [4.78, 5) is 15.9. The SMILES string of the molecule is Cc1cc(C(=O)O)c2ccsc2n1. The molecule has 3 nitrogen and oxygen atoms in total. The number of hydrogen-bond donors (Lipinski definition) is 1. The molecule has 2 heterocycles. The molecule has 0 radical (unpaired) electrons. The largest absolute Gasteiger partial charge is 0.478 e. The van der Waals surface area contributed by atoms with Gasteiger partial charge < -0.3 is 5.11 Å². The number of hydrogen-bond acceptors (Lipinski definition) is 3. The molecule has 0 spiro atoms. The van der Waals surface area contributed by atoms with Crippen molar-refractivity contribution < 1.29 is 9.90 Å². The van der Waals surface area contributed by atoms with Crippen molar-refractivity contribution in [3.05, 3.63) is 28.8 Å². The molecule has 0 atom stereocenters. The highest BCUT2D eigenvalue weighted by Crippen LogP contribution is 2.23. The molecule has 1 N–H and O–H groups in total. The third kappa shape index (κ3) is 1.29. The lowest BCUT2D eigenvalue weighted by atomic mass is 10.1. The fraction of sp³-hybridized carbons (Fsp3) is 0.111. The summed E-state index contributed by atoms with van der Waals surface area (Å²) in [5, 5.41) is 11.5. The van der Waals surface area contributed by atoms with E-state index in [4.69, 9.17) is 5.11 Å². The van der Waals surface area contributed by atoms with Gasteiger partial charge in [0.05, 0.1) is 5.56 Å². The van der Waals surface area contributed by atoms with Gasteiger partial charge in [-0.1, -0.05) is 0 Å². The van der Waals surface area contributed by atoms with Crippen LogP contribution in [0.4, 0.5) is 0 Å². The minimum Gasteiger partial charge on any atom is -0.478 e. The average Bonchev–Trinajstić information content (AvgIpc) is 2.49. The average molecular weight is 193 g/mol. The minimum atomic E-state index is -0.895. The van der Waals surface area contributed by atoms with Crippen LogP contribution in [0.3, 0.4) is 0 Å². The second kappa shape index (κ2) is 2.81. The molecule has 2 aromatic rings. The van der Waals surface area contributed by atoms with E-state index in [9.17, 15) is 4.79 Å². The number of rotatable bonds is 1.